The topological polar surface area (TPSA) is 89.9 Å². The van der Waals surface area contributed by atoms with E-state index in [9.17, 15) is 4.79 Å². The maximum Gasteiger partial charge on any atom is 0.253 e. The molecule has 1 fully saturated rings. The fourth-order valence-corrected chi connectivity index (χ4v) is 2.22. The van der Waals surface area contributed by atoms with Crippen LogP contribution in [0, 0.1) is 0 Å². The van der Waals surface area contributed by atoms with Crippen LogP contribution in [-0.4, -0.2) is 50.1 Å². The lowest BCUT2D eigenvalue weighted by molar-refractivity contribution is 0.0791. The summed E-state index contributed by atoms with van der Waals surface area (Å²) in [7, 11) is 0. The van der Waals surface area contributed by atoms with Gasteiger partial charge < -0.3 is 10.6 Å². The van der Waals surface area contributed by atoms with Crippen LogP contribution in [0.25, 0.3) is 5.69 Å². The number of hydrogen-bond acceptors (Lipinski definition) is 5. The number of carbonyl (C=O) groups is 1. The number of rotatable bonds is 2. The first kappa shape index (κ1) is 11.8. The molecule has 7 nitrogen and oxygen atoms in total. The third-order valence-corrected chi connectivity index (χ3v) is 3.22. The summed E-state index contributed by atoms with van der Waals surface area (Å²) in [6, 6.07) is 7.33. The number of hydrogen-bond donors (Lipinski definition) is 1. The van der Waals surface area contributed by atoms with Gasteiger partial charge >= 0.3 is 0 Å². The zero-order valence-electron chi connectivity index (χ0n) is 10.3. The second-order valence-corrected chi connectivity index (χ2v) is 4.60. The Kier molecular flexibility index (Phi) is 2.96. The van der Waals surface area contributed by atoms with Gasteiger partial charge in [-0.25, -0.2) is 4.68 Å². The Hall–Kier alpha value is -2.28. The summed E-state index contributed by atoms with van der Waals surface area (Å²) in [6.07, 6.45) is 2.35. The maximum absolute atomic E-state index is 12.3. The first-order valence-corrected chi connectivity index (χ1v) is 6.12. The Balaban J connectivity index is 1.85. The predicted molar refractivity (Wildman–Crippen MR) is 67.6 cm³/mol. The second-order valence-electron chi connectivity index (χ2n) is 4.60. The van der Waals surface area contributed by atoms with Crippen molar-refractivity contribution in [2.24, 2.45) is 5.73 Å². The fourth-order valence-electron chi connectivity index (χ4n) is 2.22. The lowest BCUT2D eigenvalue weighted by Crippen LogP contribution is -2.31. The van der Waals surface area contributed by atoms with Crippen molar-refractivity contribution >= 4 is 5.91 Å². The molecule has 0 radical (unpaired) electrons. The van der Waals surface area contributed by atoms with Gasteiger partial charge in [0.05, 0.1) is 5.69 Å². The van der Waals surface area contributed by atoms with Crippen molar-refractivity contribution in [2.45, 2.75) is 12.5 Å². The summed E-state index contributed by atoms with van der Waals surface area (Å²) in [6.45, 7) is 1.34. The average molecular weight is 258 g/mol. The summed E-state index contributed by atoms with van der Waals surface area (Å²) >= 11 is 0. The highest BCUT2D eigenvalue weighted by Gasteiger charge is 2.24. The van der Waals surface area contributed by atoms with E-state index in [1.807, 2.05) is 12.1 Å². The zero-order valence-corrected chi connectivity index (χ0v) is 10.3. The van der Waals surface area contributed by atoms with Gasteiger partial charge in [0, 0.05) is 24.7 Å². The molecule has 2 N–H and O–H groups in total. The molecule has 2 aromatic rings. The van der Waals surface area contributed by atoms with Gasteiger partial charge in [-0.05, 0) is 35.0 Å². The highest BCUT2D eigenvalue weighted by Crippen LogP contribution is 2.15. The number of nitrogens with two attached hydrogens (primary N) is 1. The van der Waals surface area contributed by atoms with E-state index in [0.29, 0.717) is 12.1 Å². The Bertz CT molecular complexity index is 582. The van der Waals surface area contributed by atoms with Crippen LogP contribution in [0.15, 0.2) is 30.6 Å². The van der Waals surface area contributed by atoms with Crippen LogP contribution in [0.3, 0.4) is 0 Å². The molecule has 0 saturated carbocycles. The maximum atomic E-state index is 12.3. The minimum absolute atomic E-state index is 0.00266. The molecular formula is C12H14N6O. The summed E-state index contributed by atoms with van der Waals surface area (Å²) in [5.74, 6) is 0.00266. The quantitative estimate of drug-likeness (QED) is 0.808. The standard InChI is InChI=1S/C12H14N6O/c13-10-4-5-17(7-10)12(19)9-2-1-3-11(6-9)18-8-14-15-16-18/h1-3,6,8,10H,4-5,7,13H2/t10-/m1/s1. The molecule has 7 heteroatoms. The van der Waals surface area contributed by atoms with Gasteiger partial charge in [-0.3, -0.25) is 4.79 Å². The number of tetrazole rings is 1. The van der Waals surface area contributed by atoms with Gasteiger partial charge in [0.1, 0.15) is 6.33 Å². The minimum atomic E-state index is 0.00266. The van der Waals surface area contributed by atoms with Crippen LogP contribution in [0.5, 0.6) is 0 Å². The number of amides is 1. The molecule has 1 aromatic carbocycles. The van der Waals surface area contributed by atoms with E-state index in [2.05, 4.69) is 15.5 Å². The number of aromatic nitrogens is 4. The Morgan fingerprint density at radius 3 is 3.00 bits per heavy atom. The van der Waals surface area contributed by atoms with Crippen LogP contribution >= 0.6 is 0 Å². The molecule has 0 bridgehead atoms. The normalized spacial score (nSPS) is 18.8. The van der Waals surface area contributed by atoms with Crippen molar-refractivity contribution < 1.29 is 4.79 Å². The minimum Gasteiger partial charge on any atom is -0.337 e. The fraction of sp³-hybridized carbons (Fsp3) is 0.333. The van der Waals surface area contributed by atoms with Gasteiger partial charge in [-0.15, -0.1) is 5.10 Å². The molecule has 0 unspecified atom stereocenters. The van der Waals surface area contributed by atoms with Crippen molar-refractivity contribution in [1.29, 1.82) is 0 Å². The zero-order chi connectivity index (χ0) is 13.2. The first-order valence-electron chi connectivity index (χ1n) is 6.12. The molecule has 2 heterocycles. The average Bonchev–Trinajstić information content (AvgIpc) is 3.09. The molecular weight excluding hydrogens is 244 g/mol. The van der Waals surface area contributed by atoms with E-state index in [-0.39, 0.29) is 11.9 Å². The van der Waals surface area contributed by atoms with E-state index >= 15 is 0 Å². The second kappa shape index (κ2) is 4.77. The number of benzene rings is 1. The van der Waals surface area contributed by atoms with E-state index < -0.39 is 0 Å². The summed E-state index contributed by atoms with van der Waals surface area (Å²) in [5.41, 5.74) is 7.21. The van der Waals surface area contributed by atoms with Crippen LogP contribution in [0.1, 0.15) is 16.8 Å². The Morgan fingerprint density at radius 2 is 2.32 bits per heavy atom. The predicted octanol–water partition coefficient (Wildman–Crippen LogP) is -0.165. The number of likely N-dealkylation sites (tertiary alicyclic amines) is 1. The van der Waals surface area contributed by atoms with Gasteiger partial charge in [0.25, 0.3) is 5.91 Å². The third kappa shape index (κ3) is 2.32. The summed E-state index contributed by atoms with van der Waals surface area (Å²) in [4.78, 5) is 14.1. The van der Waals surface area contributed by atoms with Crippen molar-refractivity contribution in [1.82, 2.24) is 25.1 Å². The third-order valence-electron chi connectivity index (χ3n) is 3.22. The van der Waals surface area contributed by atoms with Gasteiger partial charge in [0.2, 0.25) is 0 Å². The molecule has 0 spiro atoms. The lowest BCUT2D eigenvalue weighted by Gasteiger charge is -2.16. The molecule has 1 aliphatic heterocycles. The molecule has 19 heavy (non-hydrogen) atoms. The molecule has 1 saturated heterocycles. The van der Waals surface area contributed by atoms with E-state index in [4.69, 9.17) is 5.73 Å². The number of nitrogens with zero attached hydrogens (tertiary/aromatic N) is 5. The van der Waals surface area contributed by atoms with Crippen molar-refractivity contribution in [2.75, 3.05) is 13.1 Å². The van der Waals surface area contributed by atoms with Crippen molar-refractivity contribution in [3.05, 3.63) is 36.2 Å². The number of carbonyl (C=O) groups excluding carboxylic acids is 1. The summed E-state index contributed by atoms with van der Waals surface area (Å²) in [5, 5.41) is 11.0. The molecule has 0 aliphatic carbocycles. The van der Waals surface area contributed by atoms with Crippen LogP contribution in [0.4, 0.5) is 0 Å². The SMILES string of the molecule is N[C@@H]1CCN(C(=O)c2cccc(-n3cnnn3)c2)C1. The first-order chi connectivity index (χ1) is 9.24. The molecule has 98 valence electrons. The molecule has 1 aromatic heterocycles. The molecule has 3 rings (SSSR count). The highest BCUT2D eigenvalue weighted by molar-refractivity contribution is 5.95. The molecule has 1 atom stereocenters. The highest BCUT2D eigenvalue weighted by atomic mass is 16.2. The lowest BCUT2D eigenvalue weighted by atomic mass is 10.2. The largest absolute Gasteiger partial charge is 0.337 e. The van der Waals surface area contributed by atoms with Crippen molar-refractivity contribution in [3.63, 3.8) is 0 Å². The van der Waals surface area contributed by atoms with E-state index in [1.54, 1.807) is 17.0 Å². The van der Waals surface area contributed by atoms with Gasteiger partial charge in [-0.2, -0.15) is 0 Å². The van der Waals surface area contributed by atoms with Crippen molar-refractivity contribution in [3.8, 4) is 5.69 Å². The monoisotopic (exact) mass is 258 g/mol. The Morgan fingerprint density at radius 1 is 1.42 bits per heavy atom. The van der Waals surface area contributed by atoms with Crippen LogP contribution in [-0.2, 0) is 0 Å². The van der Waals surface area contributed by atoms with Crippen LogP contribution in [0.2, 0.25) is 0 Å². The molecule has 1 amide bonds. The van der Waals surface area contributed by atoms with Crippen LogP contribution < -0.4 is 5.73 Å². The van der Waals surface area contributed by atoms with E-state index in [0.717, 1.165) is 18.7 Å². The summed E-state index contributed by atoms with van der Waals surface area (Å²) < 4.78 is 1.52. The van der Waals surface area contributed by atoms with Gasteiger partial charge in [0.15, 0.2) is 0 Å². The van der Waals surface area contributed by atoms with E-state index in [1.165, 1.54) is 11.0 Å². The Labute approximate surface area is 110 Å². The smallest absolute Gasteiger partial charge is 0.253 e. The molecule has 1 aliphatic rings. The van der Waals surface area contributed by atoms with Gasteiger partial charge in [-0.1, -0.05) is 6.07 Å².